The van der Waals surface area contributed by atoms with Crippen LogP contribution in [0.4, 0.5) is 0 Å². The van der Waals surface area contributed by atoms with Crippen LogP contribution < -0.4 is 72.0 Å². The molecule has 0 aromatic heterocycles. The molecule has 418 valence electrons. The molecule has 2 heterocycles. The van der Waals surface area contributed by atoms with E-state index >= 15 is 0 Å². The van der Waals surface area contributed by atoms with E-state index in [1.54, 1.807) is 0 Å². The number of nitrogens with one attached hydrogen (secondary N) is 6. The maximum atomic E-state index is 14.5. The number of carboxylic acid groups (broad SMARTS) is 1. The fourth-order valence-electron chi connectivity index (χ4n) is 8.33. The second-order valence-electron chi connectivity index (χ2n) is 18.2. The number of aliphatic hydroxyl groups excluding tert-OH is 2. The zero-order valence-electron chi connectivity index (χ0n) is 41.8. The lowest BCUT2D eigenvalue weighted by molar-refractivity contribution is -0.145. The predicted molar refractivity (Wildman–Crippen MR) is 263 cm³/mol. The lowest BCUT2D eigenvalue weighted by Crippen LogP contribution is -2.61. The Balaban J connectivity index is 2.38. The van der Waals surface area contributed by atoms with Gasteiger partial charge in [0.05, 0.1) is 19.1 Å². The molecular weight excluding hydrogens is 977 g/mol. The number of carbonyl (C=O) groups is 11. The van der Waals surface area contributed by atoms with Gasteiger partial charge in [0.15, 0.2) is 5.96 Å². The molecule has 0 spiro atoms. The molecule has 30 nitrogen and oxygen atoms in total. The van der Waals surface area contributed by atoms with Crippen molar-refractivity contribution >= 4 is 71.0 Å². The molecule has 2 rings (SSSR count). The van der Waals surface area contributed by atoms with Crippen molar-refractivity contribution in [1.82, 2.24) is 41.7 Å². The van der Waals surface area contributed by atoms with E-state index in [2.05, 4.69) is 36.9 Å². The number of aliphatic hydroxyl groups is 2. The number of unbranched alkanes of at least 4 members (excludes halogenated alkanes) is 2. The molecule has 30 heteroatoms. The number of carboxylic acids is 1. The molecule has 0 unspecified atom stereocenters. The molecule has 23 N–H and O–H groups in total. The van der Waals surface area contributed by atoms with Gasteiger partial charge in [-0.25, -0.2) is 4.79 Å². The normalized spacial score (nSPS) is 18.5. The molecule has 0 radical (unpaired) electrons. The molecule has 10 atom stereocenters. The minimum Gasteiger partial charge on any atom is -0.480 e. The number of likely N-dealkylation sites (tertiary alicyclic amines) is 2. The van der Waals surface area contributed by atoms with Gasteiger partial charge in [-0.2, -0.15) is 0 Å². The summed E-state index contributed by atoms with van der Waals surface area (Å²) < 4.78 is 0. The highest BCUT2D eigenvalue weighted by molar-refractivity contribution is 5.99. The minimum absolute atomic E-state index is 0.0316. The average molecular weight is 1060 g/mol. The van der Waals surface area contributed by atoms with E-state index in [4.69, 9.17) is 40.1 Å². The van der Waals surface area contributed by atoms with Gasteiger partial charge in [-0.3, -0.25) is 52.9 Å². The third-order valence-electron chi connectivity index (χ3n) is 12.3. The Labute approximate surface area is 428 Å². The van der Waals surface area contributed by atoms with Gasteiger partial charge in [0.1, 0.15) is 54.4 Å². The number of aliphatic carboxylic acids is 1. The maximum absolute atomic E-state index is 14.5. The van der Waals surface area contributed by atoms with Gasteiger partial charge in [0.25, 0.3) is 0 Å². The fourth-order valence-corrected chi connectivity index (χ4v) is 8.33. The SMILES string of the molecule is C[C@@H](O)[C@H](NC(=O)[C@@H](N)CO)C(=O)N[C@@H](CC(N)=O)C(=O)N1CCC[C@H]1C(=O)N[C@@H](CCCCN)C(=O)N1CCC[C@H]1C(=O)N[C@@H](CCC(N)=O)C(=O)N[C@@H](CCCN=C(N)N)C(=O)N[C@@H](CCCCN)C(=O)O. The predicted octanol–water partition coefficient (Wildman–Crippen LogP) is -7.89. The van der Waals surface area contributed by atoms with Crippen LogP contribution in [-0.2, 0) is 52.7 Å². The van der Waals surface area contributed by atoms with Crippen molar-refractivity contribution in [2.75, 3.05) is 39.3 Å². The molecule has 2 aliphatic heterocycles. The number of nitrogens with two attached hydrogens (primary N) is 7. The maximum Gasteiger partial charge on any atom is 0.326 e. The number of amides is 10. The zero-order valence-corrected chi connectivity index (χ0v) is 41.8. The molecule has 0 bridgehead atoms. The molecule has 2 fully saturated rings. The smallest absolute Gasteiger partial charge is 0.326 e. The van der Waals surface area contributed by atoms with Gasteiger partial charge in [0.2, 0.25) is 59.1 Å². The monoisotopic (exact) mass is 1050 g/mol. The first-order valence-electron chi connectivity index (χ1n) is 24.7. The number of hydrogen-bond acceptors (Lipinski definition) is 17. The largest absolute Gasteiger partial charge is 0.480 e. The number of guanidine groups is 1. The first kappa shape index (κ1) is 63.4. The summed E-state index contributed by atoms with van der Waals surface area (Å²) in [5.74, 6) is -10.6. The van der Waals surface area contributed by atoms with Crippen molar-refractivity contribution in [2.24, 2.45) is 45.1 Å². The average Bonchev–Trinajstić information content (AvgIpc) is 4.05. The fraction of sp³-hybridized carbons (Fsp3) is 0.727. The molecule has 0 saturated carbocycles. The van der Waals surface area contributed by atoms with E-state index in [0.717, 1.165) is 11.8 Å². The lowest BCUT2D eigenvalue weighted by Gasteiger charge is -2.32. The highest BCUT2D eigenvalue weighted by Gasteiger charge is 2.43. The summed E-state index contributed by atoms with van der Waals surface area (Å²) in [6.07, 6.45) is -0.516. The Bertz CT molecular complexity index is 1990. The summed E-state index contributed by atoms with van der Waals surface area (Å²) in [6.45, 7) is 0.934. The van der Waals surface area contributed by atoms with Crippen LogP contribution in [0.3, 0.4) is 0 Å². The number of aliphatic imine (C=N–C) groups is 1. The van der Waals surface area contributed by atoms with Crippen molar-refractivity contribution in [2.45, 2.75) is 164 Å². The number of hydrogen-bond donors (Lipinski definition) is 16. The van der Waals surface area contributed by atoms with Gasteiger partial charge in [-0.1, -0.05) is 0 Å². The van der Waals surface area contributed by atoms with Crippen LogP contribution in [0.1, 0.15) is 103 Å². The van der Waals surface area contributed by atoms with Crippen molar-refractivity contribution in [1.29, 1.82) is 0 Å². The third-order valence-corrected chi connectivity index (χ3v) is 12.3. The van der Waals surface area contributed by atoms with Crippen LogP contribution in [0, 0.1) is 0 Å². The Morgan fingerprint density at radius 3 is 1.54 bits per heavy atom. The van der Waals surface area contributed by atoms with Crippen LogP contribution in [-0.4, -0.2) is 196 Å². The van der Waals surface area contributed by atoms with E-state index in [0.29, 0.717) is 38.6 Å². The van der Waals surface area contributed by atoms with Crippen LogP contribution >= 0.6 is 0 Å². The standard InChI is InChI=1S/C44H78N16O14/c1-23(62)34(58-35(65)24(47)22-61)40(70)57-29(21-33(49)64)42(72)60-20-8-13-31(60)39(69)55-27(9-2-4-16-45)41(71)59-19-7-12-30(59)38(68)54-26(14-15-32(48)63)37(67)53-25(11-6-18-52-44(50)51)36(66)56-28(43(73)74)10-3-5-17-46/h23-31,34,61-62H,2-22,45-47H2,1H3,(H2,48,63)(H2,49,64)(H,53,67)(H,54,68)(H,55,69)(H,56,66)(H,57,70)(H,58,65)(H,73,74)(H4,50,51,52)/t23-,24+,25+,26+,27+,28+,29+,30+,31+,34+/m1/s1. The van der Waals surface area contributed by atoms with Gasteiger partial charge in [-0.05, 0) is 103 Å². The second kappa shape index (κ2) is 32.4. The van der Waals surface area contributed by atoms with Crippen LogP contribution in [0.2, 0.25) is 0 Å². The number of rotatable bonds is 34. The van der Waals surface area contributed by atoms with Crippen molar-refractivity contribution < 1.29 is 68.1 Å². The topological polar surface area (TPSA) is 522 Å². The van der Waals surface area contributed by atoms with E-state index in [9.17, 15) is 68.1 Å². The van der Waals surface area contributed by atoms with Gasteiger partial charge in [0, 0.05) is 26.1 Å². The summed E-state index contributed by atoms with van der Waals surface area (Å²) in [4.78, 5) is 152. The number of carbonyl (C=O) groups excluding carboxylic acids is 10. The first-order valence-corrected chi connectivity index (χ1v) is 24.7. The summed E-state index contributed by atoms with van der Waals surface area (Å²) in [7, 11) is 0. The van der Waals surface area contributed by atoms with Crippen LogP contribution in [0.25, 0.3) is 0 Å². The first-order chi connectivity index (χ1) is 35.0. The Morgan fingerprint density at radius 1 is 0.595 bits per heavy atom. The quantitative estimate of drug-likeness (QED) is 0.0162. The van der Waals surface area contributed by atoms with Gasteiger partial charge in [-0.15, -0.1) is 0 Å². The minimum atomic E-state index is -1.70. The van der Waals surface area contributed by atoms with Gasteiger partial charge >= 0.3 is 5.97 Å². The lowest BCUT2D eigenvalue weighted by atomic mass is 10.0. The molecule has 2 aliphatic rings. The Hall–Kier alpha value is -6.76. The highest BCUT2D eigenvalue weighted by Crippen LogP contribution is 2.23. The molecule has 0 aromatic carbocycles. The summed E-state index contributed by atoms with van der Waals surface area (Å²) in [5.41, 5.74) is 38.5. The van der Waals surface area contributed by atoms with E-state index in [1.807, 2.05) is 0 Å². The van der Waals surface area contributed by atoms with Crippen molar-refractivity contribution in [3.8, 4) is 0 Å². The third kappa shape index (κ3) is 21.0. The molecule has 0 aromatic rings. The molecule has 74 heavy (non-hydrogen) atoms. The zero-order chi connectivity index (χ0) is 55.7. The second-order valence-corrected chi connectivity index (χ2v) is 18.2. The highest BCUT2D eigenvalue weighted by atomic mass is 16.4. The van der Waals surface area contributed by atoms with E-state index in [-0.39, 0.29) is 83.5 Å². The molecule has 10 amide bonds. The van der Waals surface area contributed by atoms with Gasteiger partial charge < -0.3 is 97.2 Å². The summed E-state index contributed by atoms with van der Waals surface area (Å²) >= 11 is 0. The van der Waals surface area contributed by atoms with Crippen LogP contribution in [0.15, 0.2) is 4.99 Å². The molecule has 2 saturated heterocycles. The number of primary amides is 2. The number of nitrogens with zero attached hydrogens (tertiary/aromatic N) is 3. The van der Waals surface area contributed by atoms with Crippen molar-refractivity contribution in [3.05, 3.63) is 0 Å². The van der Waals surface area contributed by atoms with Crippen LogP contribution in [0.5, 0.6) is 0 Å². The van der Waals surface area contributed by atoms with E-state index in [1.165, 1.54) is 4.90 Å². The Morgan fingerprint density at radius 2 is 1.07 bits per heavy atom. The van der Waals surface area contributed by atoms with Crippen molar-refractivity contribution in [3.63, 3.8) is 0 Å². The summed E-state index contributed by atoms with van der Waals surface area (Å²) in [6, 6.07) is -12.8. The molecular formula is C44H78N16O14. The Kier molecular flexibility index (Phi) is 27.8. The summed E-state index contributed by atoms with van der Waals surface area (Å²) in [5, 5.41) is 44.0. The molecule has 0 aliphatic carbocycles. The van der Waals surface area contributed by atoms with E-state index < -0.39 is 145 Å².